The van der Waals surface area contributed by atoms with E-state index in [1.807, 2.05) is 0 Å². The third kappa shape index (κ3) is 14.1. The molecule has 0 aliphatic carbocycles. The molecule has 0 saturated carbocycles. The van der Waals surface area contributed by atoms with Gasteiger partial charge in [0.1, 0.15) is 40.0 Å². The quantitative estimate of drug-likeness (QED) is 0.0705. The number of aryl methyl sites for hydroxylation is 8. The van der Waals surface area contributed by atoms with Crippen LogP contribution in [0.25, 0.3) is 48.6 Å². The average Bonchev–Trinajstić information content (AvgIpc) is 2.29. The molecule has 0 aliphatic heterocycles. The number of nitrogens with zero attached hydrogens (tertiary/aromatic N) is 4. The van der Waals surface area contributed by atoms with Crippen molar-refractivity contribution in [3.8, 4) is 0 Å². The van der Waals surface area contributed by atoms with Crippen LogP contribution in [0.2, 0.25) is 0 Å². The van der Waals surface area contributed by atoms with Crippen LogP contribution in [0, 0.1) is 55.4 Å². The minimum atomic E-state index is 1.11. The molecule has 0 unspecified atom stereocenters. The fourth-order valence-corrected chi connectivity index (χ4v) is 18.4. The second-order valence-electron chi connectivity index (χ2n) is 22.8. The summed E-state index contributed by atoms with van der Waals surface area (Å²) in [4.78, 5) is 9.53. The zero-order valence-electron chi connectivity index (χ0n) is 51.3. The Labute approximate surface area is 561 Å². The lowest BCUT2D eigenvalue weighted by atomic mass is 9.95. The van der Waals surface area contributed by atoms with E-state index in [-0.39, 0.29) is 0 Å². The zero-order valence-corrected chi connectivity index (χ0v) is 57.8. The highest BCUT2D eigenvalue weighted by Crippen LogP contribution is 2.46. The second-order valence-corrected chi connectivity index (χ2v) is 30.0. The second kappa shape index (κ2) is 27.1. The van der Waals surface area contributed by atoms with Crippen molar-refractivity contribution in [1.29, 1.82) is 0 Å². The molecule has 0 N–H and O–H groups in total. The molecule has 5 aromatic carbocycles. The standard InChI is InChI=1S/C78H66N4S8/c1-51-33-71(83-43-51)79(72-34-52(2)44-84-72)67-25-13-59(14-26-67)9-21-63-41-65(23-11-61-17-29-69(30-18-61)81(75-37-55(5)47-87-75)76-38-56(6)48-88-76)66(24-12-62-19-31-70(32-20-62)82(77-39-57(7)49-89-77)78-40-58(8)50-90-78)42-64(63)22-10-60-15-27-68(28-16-60)80(73-35-53(3)45-85-73)74-36-54(4)46-86-74/h9-50H,1-8H3. The van der Waals surface area contributed by atoms with Gasteiger partial charge < -0.3 is 0 Å². The summed E-state index contributed by atoms with van der Waals surface area (Å²) in [7, 11) is 0. The highest BCUT2D eigenvalue weighted by molar-refractivity contribution is 7.18. The van der Waals surface area contributed by atoms with E-state index < -0.39 is 0 Å². The molecular formula is C78H66N4S8. The van der Waals surface area contributed by atoms with Gasteiger partial charge in [-0.3, -0.25) is 19.6 Å². The van der Waals surface area contributed by atoms with E-state index in [0.29, 0.717) is 0 Å². The van der Waals surface area contributed by atoms with Crippen molar-refractivity contribution >= 4 is 202 Å². The smallest absolute Gasteiger partial charge is 0.101 e. The van der Waals surface area contributed by atoms with Crippen molar-refractivity contribution in [3.05, 3.63) is 290 Å². The Hall–Kier alpha value is -8.14. The molecule has 0 spiro atoms. The van der Waals surface area contributed by atoms with Crippen molar-refractivity contribution < 1.29 is 0 Å². The average molecular weight is 1320 g/mol. The summed E-state index contributed by atoms with van der Waals surface area (Å²) in [6, 6.07) is 58.9. The first-order valence-electron chi connectivity index (χ1n) is 29.7. The number of hydrogen-bond acceptors (Lipinski definition) is 12. The third-order valence-corrected chi connectivity index (χ3v) is 23.5. The predicted molar refractivity (Wildman–Crippen MR) is 408 cm³/mol. The van der Waals surface area contributed by atoms with Crippen LogP contribution in [-0.2, 0) is 0 Å². The fourth-order valence-electron chi connectivity index (χ4n) is 10.6. The molecule has 446 valence electrons. The zero-order chi connectivity index (χ0) is 61.8. The van der Waals surface area contributed by atoms with Gasteiger partial charge in [-0.25, -0.2) is 0 Å². The lowest BCUT2D eigenvalue weighted by Crippen LogP contribution is -2.06. The molecule has 0 aliphatic rings. The first kappa shape index (κ1) is 60.8. The number of benzene rings is 5. The Morgan fingerprint density at radius 2 is 0.356 bits per heavy atom. The molecule has 90 heavy (non-hydrogen) atoms. The summed E-state index contributed by atoms with van der Waals surface area (Å²) in [6.07, 6.45) is 18.2. The van der Waals surface area contributed by atoms with Crippen LogP contribution in [0.1, 0.15) is 89.0 Å². The molecule has 8 heterocycles. The number of anilines is 12. The first-order chi connectivity index (χ1) is 43.8. The minimum absolute atomic E-state index is 1.11. The molecule has 0 fully saturated rings. The van der Waals surface area contributed by atoms with Gasteiger partial charge in [0.05, 0.1) is 0 Å². The molecule has 13 rings (SSSR count). The molecule has 0 radical (unpaired) electrons. The molecule has 0 amide bonds. The van der Waals surface area contributed by atoms with E-state index in [0.717, 1.165) is 67.3 Å². The Morgan fingerprint density at radius 1 is 0.200 bits per heavy atom. The maximum atomic E-state index is 2.38. The van der Waals surface area contributed by atoms with Gasteiger partial charge in [-0.2, -0.15) is 0 Å². The van der Waals surface area contributed by atoms with E-state index in [2.05, 4.69) is 324 Å². The van der Waals surface area contributed by atoms with E-state index >= 15 is 0 Å². The summed E-state index contributed by atoms with van der Waals surface area (Å²) < 4.78 is 0. The topological polar surface area (TPSA) is 13.0 Å². The van der Waals surface area contributed by atoms with Gasteiger partial charge in [0.2, 0.25) is 0 Å². The summed E-state index contributed by atoms with van der Waals surface area (Å²) in [5.74, 6) is 0. The van der Waals surface area contributed by atoms with Crippen LogP contribution in [-0.4, -0.2) is 0 Å². The van der Waals surface area contributed by atoms with Gasteiger partial charge in [0, 0.05) is 22.7 Å². The van der Waals surface area contributed by atoms with Crippen LogP contribution < -0.4 is 19.6 Å². The molecule has 13 aromatic rings. The highest BCUT2D eigenvalue weighted by atomic mass is 32.1. The van der Waals surface area contributed by atoms with Gasteiger partial charge in [-0.05, 0) is 297 Å². The van der Waals surface area contributed by atoms with Crippen molar-refractivity contribution in [2.24, 2.45) is 0 Å². The SMILES string of the molecule is Cc1csc(N(c2ccc(C=Cc3cc(C=Cc4ccc(N(c5cc(C)cs5)c5cc(C)cs5)cc4)c(C=Cc4ccc(N(c5cc(C)cs5)c5cc(C)cs5)cc4)cc3C=Cc3ccc(N(c4cc(C)cs4)c4cc(C)cs4)cc3)cc2)c2cc(C)cs2)c1. The number of thiophene rings is 8. The molecule has 4 nitrogen and oxygen atoms in total. The van der Waals surface area contributed by atoms with Crippen LogP contribution >= 0.6 is 90.7 Å². The lowest BCUT2D eigenvalue weighted by molar-refractivity contribution is 1.34. The Kier molecular flexibility index (Phi) is 18.3. The van der Waals surface area contributed by atoms with E-state index in [1.54, 1.807) is 90.7 Å². The highest BCUT2D eigenvalue weighted by Gasteiger charge is 2.20. The van der Waals surface area contributed by atoms with Gasteiger partial charge in [-0.1, -0.05) is 97.1 Å². The van der Waals surface area contributed by atoms with Gasteiger partial charge in [-0.15, -0.1) is 90.7 Å². The largest absolute Gasteiger partial charge is 0.293 e. The van der Waals surface area contributed by atoms with Crippen LogP contribution in [0.4, 0.5) is 62.8 Å². The summed E-state index contributed by atoms with van der Waals surface area (Å²) >= 11 is 14.3. The number of rotatable bonds is 20. The van der Waals surface area contributed by atoms with Crippen molar-refractivity contribution in [2.45, 2.75) is 55.4 Å². The maximum absolute atomic E-state index is 2.38. The van der Waals surface area contributed by atoms with Gasteiger partial charge in [0.25, 0.3) is 0 Å². The monoisotopic (exact) mass is 1310 g/mol. The van der Waals surface area contributed by atoms with E-state index in [1.165, 1.54) is 84.5 Å². The molecule has 0 atom stereocenters. The molecule has 8 aromatic heterocycles. The first-order valence-corrected chi connectivity index (χ1v) is 36.8. The molecular weight excluding hydrogens is 1250 g/mol. The number of hydrogen-bond donors (Lipinski definition) is 0. The molecule has 0 saturated heterocycles. The van der Waals surface area contributed by atoms with Crippen LogP contribution in [0.5, 0.6) is 0 Å². The van der Waals surface area contributed by atoms with E-state index in [9.17, 15) is 0 Å². The lowest BCUT2D eigenvalue weighted by Gasteiger charge is -2.21. The van der Waals surface area contributed by atoms with Crippen molar-refractivity contribution in [1.82, 2.24) is 0 Å². The van der Waals surface area contributed by atoms with Crippen molar-refractivity contribution in [2.75, 3.05) is 19.6 Å². The molecule has 0 bridgehead atoms. The minimum Gasteiger partial charge on any atom is -0.293 e. The Bertz CT molecular complexity index is 3960. The van der Waals surface area contributed by atoms with Crippen LogP contribution in [0.15, 0.2) is 201 Å². The summed E-state index contributed by atoms with van der Waals surface area (Å²) in [6.45, 7) is 17.4. The maximum Gasteiger partial charge on any atom is 0.101 e. The fraction of sp³-hybridized carbons (Fsp3) is 0.103. The van der Waals surface area contributed by atoms with E-state index in [4.69, 9.17) is 0 Å². The Morgan fingerprint density at radius 3 is 0.489 bits per heavy atom. The summed E-state index contributed by atoms with van der Waals surface area (Å²) in [5, 5.41) is 27.5. The summed E-state index contributed by atoms with van der Waals surface area (Å²) in [5.41, 5.74) is 23.6. The molecule has 12 heteroatoms. The predicted octanol–water partition coefficient (Wildman–Crippen LogP) is 27.2. The van der Waals surface area contributed by atoms with Gasteiger partial charge in [0.15, 0.2) is 0 Å². The van der Waals surface area contributed by atoms with Crippen LogP contribution in [0.3, 0.4) is 0 Å². The Balaban J connectivity index is 0.887. The van der Waals surface area contributed by atoms with Gasteiger partial charge >= 0.3 is 0 Å². The normalized spacial score (nSPS) is 11.8. The van der Waals surface area contributed by atoms with Crippen molar-refractivity contribution in [3.63, 3.8) is 0 Å². The third-order valence-electron chi connectivity index (χ3n) is 15.2.